The van der Waals surface area contributed by atoms with Crippen molar-refractivity contribution in [2.24, 2.45) is 5.41 Å². The van der Waals surface area contributed by atoms with Crippen molar-refractivity contribution < 1.29 is 0 Å². The highest BCUT2D eigenvalue weighted by Gasteiger charge is 2.32. The van der Waals surface area contributed by atoms with E-state index in [0.717, 1.165) is 18.6 Å². The molecule has 2 aliphatic rings. The van der Waals surface area contributed by atoms with Gasteiger partial charge in [0.15, 0.2) is 0 Å². The molecule has 0 spiro atoms. The van der Waals surface area contributed by atoms with E-state index in [0.29, 0.717) is 5.41 Å². The summed E-state index contributed by atoms with van der Waals surface area (Å²) in [5.74, 6) is 0. The summed E-state index contributed by atoms with van der Waals surface area (Å²) in [6.45, 7) is 8.42. The Balaban J connectivity index is 1.41. The van der Waals surface area contributed by atoms with E-state index in [4.69, 9.17) is 0 Å². The minimum Gasteiger partial charge on any atom is -0.311 e. The lowest BCUT2D eigenvalue weighted by Gasteiger charge is -2.34. The Bertz CT molecular complexity index is 432. The normalized spacial score (nSPS) is 27.0. The Morgan fingerprint density at radius 2 is 1.76 bits per heavy atom. The molecule has 21 heavy (non-hydrogen) atoms. The van der Waals surface area contributed by atoms with Crippen LogP contribution in [-0.2, 0) is 6.54 Å². The molecule has 0 radical (unpaired) electrons. The highest BCUT2D eigenvalue weighted by atomic mass is 15.1. The first kappa shape index (κ1) is 15.1. The zero-order valence-electron chi connectivity index (χ0n) is 13.6. The van der Waals surface area contributed by atoms with Crippen LogP contribution in [0.1, 0.15) is 51.5 Å². The van der Waals surface area contributed by atoms with E-state index in [2.05, 4.69) is 54.4 Å². The van der Waals surface area contributed by atoms with Crippen LogP contribution in [0, 0.1) is 5.41 Å². The molecule has 1 heterocycles. The summed E-state index contributed by atoms with van der Waals surface area (Å²) in [6.07, 6.45) is 6.74. The first-order chi connectivity index (χ1) is 10.1. The molecule has 1 saturated heterocycles. The van der Waals surface area contributed by atoms with Crippen molar-refractivity contribution in [1.82, 2.24) is 10.2 Å². The number of rotatable bonds is 4. The highest BCUT2D eigenvalue weighted by Crippen LogP contribution is 2.37. The summed E-state index contributed by atoms with van der Waals surface area (Å²) in [4.78, 5) is 2.60. The van der Waals surface area contributed by atoms with E-state index in [1.54, 1.807) is 0 Å². The molecule has 2 heteroatoms. The number of hydrogen-bond acceptors (Lipinski definition) is 2. The number of likely N-dealkylation sites (tertiary alicyclic amines) is 1. The lowest BCUT2D eigenvalue weighted by molar-refractivity contribution is 0.182. The van der Waals surface area contributed by atoms with Crippen LogP contribution in [-0.4, -0.2) is 30.1 Å². The molecule has 1 aromatic carbocycles. The van der Waals surface area contributed by atoms with Crippen LogP contribution < -0.4 is 5.32 Å². The fourth-order valence-corrected chi connectivity index (χ4v) is 4.01. The smallest absolute Gasteiger partial charge is 0.0233 e. The number of hydrogen-bond donors (Lipinski definition) is 1. The standard InChI is InChI=1S/C19H30N2/c1-19(2)11-8-18(14-19)20-17-9-12-21(13-10-17)15-16-6-4-3-5-7-16/h3-7,17-18,20H,8-15H2,1-2H3. The van der Waals surface area contributed by atoms with Gasteiger partial charge in [0.1, 0.15) is 0 Å². The van der Waals surface area contributed by atoms with Crippen LogP contribution in [0.3, 0.4) is 0 Å². The van der Waals surface area contributed by atoms with Crippen molar-refractivity contribution in [3.8, 4) is 0 Å². The third-order valence-corrected chi connectivity index (χ3v) is 5.28. The van der Waals surface area contributed by atoms with E-state index in [-0.39, 0.29) is 0 Å². The number of benzene rings is 1. The largest absolute Gasteiger partial charge is 0.311 e. The summed E-state index contributed by atoms with van der Waals surface area (Å²) in [7, 11) is 0. The molecule has 0 bridgehead atoms. The zero-order valence-corrected chi connectivity index (χ0v) is 13.6. The Labute approximate surface area is 129 Å². The molecule has 0 amide bonds. The maximum atomic E-state index is 3.93. The predicted octanol–water partition coefficient (Wildman–Crippen LogP) is 3.82. The van der Waals surface area contributed by atoms with E-state index in [1.165, 1.54) is 50.8 Å². The summed E-state index contributed by atoms with van der Waals surface area (Å²) in [6, 6.07) is 12.4. The Morgan fingerprint density at radius 3 is 2.38 bits per heavy atom. The molecule has 1 saturated carbocycles. The van der Waals surface area contributed by atoms with Crippen molar-refractivity contribution in [1.29, 1.82) is 0 Å². The summed E-state index contributed by atoms with van der Waals surface area (Å²) >= 11 is 0. The molecule has 2 nitrogen and oxygen atoms in total. The van der Waals surface area contributed by atoms with E-state index >= 15 is 0 Å². The third kappa shape index (κ3) is 4.31. The van der Waals surface area contributed by atoms with Crippen molar-refractivity contribution >= 4 is 0 Å². The maximum Gasteiger partial charge on any atom is 0.0233 e. The van der Waals surface area contributed by atoms with E-state index < -0.39 is 0 Å². The van der Waals surface area contributed by atoms with Crippen LogP contribution in [0.5, 0.6) is 0 Å². The van der Waals surface area contributed by atoms with E-state index in [1.807, 2.05) is 0 Å². The van der Waals surface area contributed by atoms with Crippen molar-refractivity contribution in [2.75, 3.05) is 13.1 Å². The Morgan fingerprint density at radius 1 is 1.05 bits per heavy atom. The molecule has 1 unspecified atom stereocenters. The summed E-state index contributed by atoms with van der Waals surface area (Å²) in [5, 5.41) is 3.93. The Hall–Kier alpha value is -0.860. The van der Waals surface area contributed by atoms with Gasteiger partial charge in [-0.15, -0.1) is 0 Å². The van der Waals surface area contributed by atoms with Crippen molar-refractivity contribution in [3.63, 3.8) is 0 Å². The zero-order chi connectivity index (χ0) is 14.7. The number of nitrogens with one attached hydrogen (secondary N) is 1. The van der Waals surface area contributed by atoms with Crippen LogP contribution in [0.4, 0.5) is 0 Å². The molecule has 3 rings (SSSR count). The van der Waals surface area contributed by atoms with Crippen LogP contribution >= 0.6 is 0 Å². The van der Waals surface area contributed by atoms with Gasteiger partial charge in [-0.1, -0.05) is 44.2 Å². The van der Waals surface area contributed by atoms with Crippen molar-refractivity contribution in [3.05, 3.63) is 35.9 Å². The van der Waals surface area contributed by atoms with Crippen molar-refractivity contribution in [2.45, 2.75) is 64.6 Å². The molecular formula is C19H30N2. The summed E-state index contributed by atoms with van der Waals surface area (Å²) < 4.78 is 0. The highest BCUT2D eigenvalue weighted by molar-refractivity contribution is 5.14. The molecule has 116 valence electrons. The van der Waals surface area contributed by atoms with Gasteiger partial charge >= 0.3 is 0 Å². The van der Waals surface area contributed by atoms with Gasteiger partial charge in [-0.2, -0.15) is 0 Å². The Kier molecular flexibility index (Phi) is 4.66. The SMILES string of the molecule is CC1(C)CCC(NC2CCN(Cc3ccccc3)CC2)C1. The fourth-order valence-electron chi connectivity index (χ4n) is 4.01. The second kappa shape index (κ2) is 6.50. The minimum atomic E-state index is 0.561. The van der Waals surface area contributed by atoms with Gasteiger partial charge in [0.25, 0.3) is 0 Å². The van der Waals surface area contributed by atoms with Gasteiger partial charge in [-0.05, 0) is 56.2 Å². The van der Waals surface area contributed by atoms with Gasteiger partial charge in [0.05, 0.1) is 0 Å². The molecule has 1 aromatic rings. The van der Waals surface area contributed by atoms with Crippen LogP contribution in [0.25, 0.3) is 0 Å². The predicted molar refractivity (Wildman–Crippen MR) is 89.3 cm³/mol. The molecule has 1 N–H and O–H groups in total. The molecule has 1 aliphatic carbocycles. The molecule has 0 aromatic heterocycles. The molecule has 2 fully saturated rings. The third-order valence-electron chi connectivity index (χ3n) is 5.28. The lowest BCUT2D eigenvalue weighted by Crippen LogP contribution is -2.45. The first-order valence-electron chi connectivity index (χ1n) is 8.63. The summed E-state index contributed by atoms with van der Waals surface area (Å²) in [5.41, 5.74) is 2.01. The first-order valence-corrected chi connectivity index (χ1v) is 8.63. The average molecular weight is 286 g/mol. The van der Waals surface area contributed by atoms with E-state index in [9.17, 15) is 0 Å². The topological polar surface area (TPSA) is 15.3 Å². The van der Waals surface area contributed by atoms with Gasteiger partial charge in [-0.25, -0.2) is 0 Å². The minimum absolute atomic E-state index is 0.561. The molecular weight excluding hydrogens is 256 g/mol. The molecule has 1 aliphatic heterocycles. The quantitative estimate of drug-likeness (QED) is 0.905. The van der Waals surface area contributed by atoms with Crippen LogP contribution in [0.15, 0.2) is 30.3 Å². The number of nitrogens with zero attached hydrogens (tertiary/aromatic N) is 1. The monoisotopic (exact) mass is 286 g/mol. The lowest BCUT2D eigenvalue weighted by atomic mass is 9.91. The number of piperidine rings is 1. The van der Waals surface area contributed by atoms with Gasteiger partial charge in [0, 0.05) is 18.6 Å². The molecule has 1 atom stereocenters. The van der Waals surface area contributed by atoms with Crippen LogP contribution in [0.2, 0.25) is 0 Å². The average Bonchev–Trinajstić information content (AvgIpc) is 2.81. The maximum absolute atomic E-state index is 3.93. The fraction of sp³-hybridized carbons (Fsp3) is 0.684. The van der Waals surface area contributed by atoms with Gasteiger partial charge < -0.3 is 5.32 Å². The second-order valence-electron chi connectivity index (χ2n) is 7.81. The second-order valence-corrected chi connectivity index (χ2v) is 7.81. The van der Waals surface area contributed by atoms with Gasteiger partial charge in [-0.3, -0.25) is 4.90 Å². The van der Waals surface area contributed by atoms with Gasteiger partial charge in [0.2, 0.25) is 0 Å².